The number of aliphatic carboxylic acids is 1. The Labute approximate surface area is 217 Å². The lowest BCUT2D eigenvalue weighted by Gasteiger charge is -2.22. The van der Waals surface area contributed by atoms with Crippen LogP contribution in [0.2, 0.25) is 0 Å². The molecule has 0 saturated heterocycles. The van der Waals surface area contributed by atoms with E-state index in [-0.39, 0.29) is 12.2 Å². The topological polar surface area (TPSA) is 93.1 Å². The largest absolute Gasteiger partial charge is 0.506 e. The van der Waals surface area contributed by atoms with Gasteiger partial charge in [-0.05, 0) is 68.5 Å². The summed E-state index contributed by atoms with van der Waals surface area (Å²) in [4.78, 5) is 24.2. The van der Waals surface area contributed by atoms with E-state index in [9.17, 15) is 33.0 Å². The Morgan fingerprint density at radius 3 is 1.92 bits per heavy atom. The molecule has 3 aromatic rings. The van der Waals surface area contributed by atoms with Gasteiger partial charge in [0.25, 0.3) is 0 Å². The minimum Gasteiger partial charge on any atom is -0.506 e. The van der Waals surface area contributed by atoms with Gasteiger partial charge in [-0.15, -0.1) is 0 Å². The molecule has 0 bridgehead atoms. The highest BCUT2D eigenvalue weighted by Crippen LogP contribution is 2.48. The molecule has 9 heteroatoms. The van der Waals surface area contributed by atoms with Gasteiger partial charge in [-0.1, -0.05) is 42.5 Å². The highest BCUT2D eigenvalue weighted by Gasteiger charge is 2.51. The van der Waals surface area contributed by atoms with Crippen molar-refractivity contribution in [3.63, 3.8) is 0 Å². The van der Waals surface area contributed by atoms with Crippen LogP contribution in [0.4, 0.5) is 13.2 Å². The van der Waals surface area contributed by atoms with E-state index in [0.29, 0.717) is 24.7 Å². The molecule has 2 N–H and O–H groups in total. The second-order valence-corrected chi connectivity index (χ2v) is 10.3. The third-order valence-electron chi connectivity index (χ3n) is 6.35. The summed E-state index contributed by atoms with van der Waals surface area (Å²) in [6.07, 6.45) is -3.61. The number of esters is 1. The van der Waals surface area contributed by atoms with Crippen LogP contribution in [0, 0.1) is 0 Å². The Bertz CT molecular complexity index is 1350. The molecule has 6 nitrogen and oxygen atoms in total. The minimum absolute atomic E-state index is 0.0388. The number of ether oxygens (including phenoxy) is 2. The van der Waals surface area contributed by atoms with Crippen molar-refractivity contribution in [2.75, 3.05) is 0 Å². The van der Waals surface area contributed by atoms with Crippen LogP contribution in [0.1, 0.15) is 60.7 Å². The molecule has 1 fully saturated rings. The number of alkyl halides is 3. The van der Waals surface area contributed by atoms with Crippen LogP contribution in [0.25, 0.3) is 11.1 Å². The molecule has 0 amide bonds. The van der Waals surface area contributed by atoms with E-state index in [2.05, 4.69) is 0 Å². The molecule has 1 aliphatic rings. The first-order valence-corrected chi connectivity index (χ1v) is 11.9. The van der Waals surface area contributed by atoms with Crippen LogP contribution < -0.4 is 4.74 Å². The molecule has 0 unspecified atom stereocenters. The lowest BCUT2D eigenvalue weighted by Crippen LogP contribution is -2.25. The van der Waals surface area contributed by atoms with Crippen molar-refractivity contribution in [2.45, 2.75) is 57.4 Å². The fourth-order valence-electron chi connectivity index (χ4n) is 4.18. The zero-order valence-corrected chi connectivity index (χ0v) is 21.1. The lowest BCUT2D eigenvalue weighted by molar-refractivity contribution is -0.140. The molecule has 0 aromatic heterocycles. The molecular weight excluding hydrogens is 501 g/mol. The van der Waals surface area contributed by atoms with Crippen LogP contribution in [-0.2, 0) is 27.7 Å². The van der Waals surface area contributed by atoms with Crippen LogP contribution >= 0.6 is 0 Å². The van der Waals surface area contributed by atoms with Crippen LogP contribution in [0.15, 0.2) is 60.7 Å². The van der Waals surface area contributed by atoms with Gasteiger partial charge in [0.1, 0.15) is 29.3 Å². The maximum absolute atomic E-state index is 13.3. The Hall–Kier alpha value is -4.01. The number of carbonyl (C=O) groups is 2. The molecule has 1 aliphatic carbocycles. The van der Waals surface area contributed by atoms with Crippen LogP contribution in [-0.4, -0.2) is 27.8 Å². The van der Waals surface area contributed by atoms with E-state index in [1.54, 1.807) is 45.0 Å². The van der Waals surface area contributed by atoms with Gasteiger partial charge in [0.05, 0.1) is 11.0 Å². The first kappa shape index (κ1) is 27.0. The molecule has 3 aromatic carbocycles. The summed E-state index contributed by atoms with van der Waals surface area (Å²) in [5.74, 6) is -2.72. The number of carboxylic acids is 1. The predicted octanol–water partition coefficient (Wildman–Crippen LogP) is 6.73. The first-order chi connectivity index (χ1) is 17.7. The summed E-state index contributed by atoms with van der Waals surface area (Å²) in [6, 6.07) is 16.0. The van der Waals surface area contributed by atoms with Gasteiger partial charge in [-0.25, -0.2) is 4.79 Å². The molecule has 0 radical (unpaired) electrons. The number of hydrogen-bond donors (Lipinski definition) is 2. The fraction of sp³-hybridized carbons (Fsp3) is 0.310. The quantitative estimate of drug-likeness (QED) is 0.331. The summed E-state index contributed by atoms with van der Waals surface area (Å²) in [5.41, 5.74) is -1.16. The number of rotatable bonds is 7. The van der Waals surface area contributed by atoms with Gasteiger partial charge in [-0.2, -0.15) is 13.2 Å². The van der Waals surface area contributed by atoms with E-state index in [0.717, 1.165) is 22.8 Å². The van der Waals surface area contributed by atoms with Crippen molar-refractivity contribution in [1.29, 1.82) is 0 Å². The highest BCUT2D eigenvalue weighted by atomic mass is 19.4. The van der Waals surface area contributed by atoms with Gasteiger partial charge in [-0.3, -0.25) is 4.79 Å². The average Bonchev–Trinajstić information content (AvgIpc) is 3.63. The molecule has 4 rings (SSSR count). The summed E-state index contributed by atoms with van der Waals surface area (Å²) < 4.78 is 51.0. The number of halogens is 3. The summed E-state index contributed by atoms with van der Waals surface area (Å²) >= 11 is 0. The number of phenolic OH excluding ortho intramolecular Hbond substituents is 1. The number of phenols is 1. The van der Waals surface area contributed by atoms with Crippen molar-refractivity contribution >= 4 is 11.9 Å². The second-order valence-electron chi connectivity index (χ2n) is 10.3. The van der Waals surface area contributed by atoms with Crippen LogP contribution in [0.5, 0.6) is 11.5 Å². The Morgan fingerprint density at radius 1 is 0.895 bits per heavy atom. The SMILES string of the molecule is CC(C)(C)OC(=O)c1c(COc2ccc(-c3ccc(C4(C(=O)O)CC4)cc3)cc2)ccc(C(F)(F)F)c1O. The van der Waals surface area contributed by atoms with Gasteiger partial charge in [0.15, 0.2) is 0 Å². The number of aromatic hydroxyl groups is 1. The Balaban J connectivity index is 1.52. The van der Waals surface area contributed by atoms with Crippen molar-refractivity contribution in [1.82, 2.24) is 0 Å². The van der Waals surface area contributed by atoms with Crippen molar-refractivity contribution in [3.8, 4) is 22.6 Å². The van der Waals surface area contributed by atoms with E-state index in [4.69, 9.17) is 9.47 Å². The summed E-state index contributed by atoms with van der Waals surface area (Å²) in [5, 5.41) is 19.8. The minimum atomic E-state index is -4.86. The lowest BCUT2D eigenvalue weighted by atomic mass is 9.94. The summed E-state index contributed by atoms with van der Waals surface area (Å²) in [6.45, 7) is 4.41. The number of benzene rings is 3. The van der Waals surface area contributed by atoms with E-state index in [1.165, 1.54) is 0 Å². The maximum Gasteiger partial charge on any atom is 0.419 e. The van der Waals surface area contributed by atoms with E-state index in [1.807, 2.05) is 24.3 Å². The number of hydrogen-bond acceptors (Lipinski definition) is 5. The van der Waals surface area contributed by atoms with Gasteiger partial charge in [0.2, 0.25) is 0 Å². The second kappa shape index (κ2) is 9.70. The van der Waals surface area contributed by atoms with Gasteiger partial charge >= 0.3 is 18.1 Å². The predicted molar refractivity (Wildman–Crippen MR) is 133 cm³/mol. The number of carboxylic acid groups (broad SMARTS) is 1. The highest BCUT2D eigenvalue weighted by molar-refractivity contribution is 5.95. The van der Waals surface area contributed by atoms with E-state index < -0.39 is 46.0 Å². The maximum atomic E-state index is 13.3. The monoisotopic (exact) mass is 528 g/mol. The van der Waals surface area contributed by atoms with Crippen molar-refractivity contribution < 1.29 is 42.4 Å². The fourth-order valence-corrected chi connectivity index (χ4v) is 4.18. The molecular formula is C29H27F3O6. The third kappa shape index (κ3) is 5.61. The molecule has 0 spiro atoms. The zero-order valence-electron chi connectivity index (χ0n) is 21.1. The smallest absolute Gasteiger partial charge is 0.419 e. The Kier molecular flexibility index (Phi) is 6.90. The molecule has 0 atom stereocenters. The molecule has 0 aliphatic heterocycles. The van der Waals surface area contributed by atoms with Gasteiger partial charge in [0, 0.05) is 5.56 Å². The van der Waals surface area contributed by atoms with Crippen LogP contribution in [0.3, 0.4) is 0 Å². The number of carbonyl (C=O) groups excluding carboxylic acids is 1. The molecule has 200 valence electrons. The third-order valence-corrected chi connectivity index (χ3v) is 6.35. The zero-order chi connectivity index (χ0) is 27.9. The van der Waals surface area contributed by atoms with E-state index >= 15 is 0 Å². The molecule has 1 saturated carbocycles. The Morgan fingerprint density at radius 2 is 1.45 bits per heavy atom. The van der Waals surface area contributed by atoms with Gasteiger partial charge < -0.3 is 19.7 Å². The average molecular weight is 529 g/mol. The van der Waals surface area contributed by atoms with Crippen molar-refractivity contribution in [2.24, 2.45) is 0 Å². The molecule has 38 heavy (non-hydrogen) atoms. The summed E-state index contributed by atoms with van der Waals surface area (Å²) in [7, 11) is 0. The molecule has 0 heterocycles. The first-order valence-electron chi connectivity index (χ1n) is 11.9. The normalized spacial score (nSPS) is 14.6. The standard InChI is InChI=1S/C29H27F3O6/c1-27(2,3)38-25(34)23-19(8-13-22(24(23)33)29(30,31)32)16-37-21-11-6-18(7-12-21)17-4-9-20(10-5-17)28(14-15-28)26(35)36/h4-13,33H,14-16H2,1-3H3,(H,35,36). The van der Waals surface area contributed by atoms with Crippen molar-refractivity contribution in [3.05, 3.63) is 82.9 Å².